The van der Waals surface area contributed by atoms with Gasteiger partial charge in [0.1, 0.15) is 29.6 Å². The number of carbonyl (C=O) groups is 6. The Morgan fingerprint density at radius 1 is 0.643 bits per heavy atom. The zero-order valence-corrected chi connectivity index (χ0v) is 22.5. The minimum atomic E-state index is -1.68. The Balaban J connectivity index is 2.25. The number of benzene rings is 2. The van der Waals surface area contributed by atoms with Crippen LogP contribution in [0.3, 0.4) is 0 Å². The zero-order chi connectivity index (χ0) is 31.4. The minimum Gasteiger partial charge on any atom is -0.508 e. The highest BCUT2D eigenvalue weighted by molar-refractivity contribution is 5.95. The van der Waals surface area contributed by atoms with Crippen LogP contribution >= 0.6 is 0 Å². The van der Waals surface area contributed by atoms with E-state index in [9.17, 15) is 44.1 Å². The van der Waals surface area contributed by atoms with E-state index < -0.39 is 66.1 Å². The van der Waals surface area contributed by atoms with Crippen molar-refractivity contribution >= 4 is 35.5 Å². The quantitative estimate of drug-likeness (QED) is 0.103. The lowest BCUT2D eigenvalue weighted by Crippen LogP contribution is -2.58. The summed E-state index contributed by atoms with van der Waals surface area (Å²) in [7, 11) is 0. The second-order valence-corrected chi connectivity index (χ2v) is 9.54. The van der Waals surface area contributed by atoms with Crippen LogP contribution in [0.15, 0.2) is 48.5 Å². The average molecular weight is 587 g/mol. The minimum absolute atomic E-state index is 0.0233. The third-order valence-electron chi connectivity index (χ3n) is 6.07. The van der Waals surface area contributed by atoms with Gasteiger partial charge in [0.25, 0.3) is 0 Å². The number of nitrogens with one attached hydrogen (secondary N) is 3. The molecule has 15 heteroatoms. The van der Waals surface area contributed by atoms with Gasteiger partial charge in [-0.2, -0.15) is 0 Å². The summed E-state index contributed by atoms with van der Waals surface area (Å²) in [5.74, 6) is -5.95. The van der Waals surface area contributed by atoms with Crippen LogP contribution in [0.1, 0.15) is 30.4 Å². The first-order chi connectivity index (χ1) is 19.7. The van der Waals surface area contributed by atoms with Gasteiger partial charge in [0.15, 0.2) is 0 Å². The fraction of sp³-hybridized carbons (Fsp3) is 0.333. The molecule has 2 rings (SSSR count). The molecule has 2 aromatic carbocycles. The molecule has 0 saturated heterocycles. The van der Waals surface area contributed by atoms with Crippen LogP contribution < -0.4 is 33.2 Å². The molecule has 42 heavy (non-hydrogen) atoms. The molecule has 0 bridgehead atoms. The first-order valence-electron chi connectivity index (χ1n) is 12.8. The Morgan fingerprint density at radius 2 is 1.10 bits per heavy atom. The van der Waals surface area contributed by atoms with Gasteiger partial charge in [-0.1, -0.05) is 24.3 Å². The zero-order valence-electron chi connectivity index (χ0n) is 22.5. The van der Waals surface area contributed by atoms with Gasteiger partial charge in [-0.3, -0.25) is 24.0 Å². The lowest BCUT2D eigenvalue weighted by molar-refractivity contribution is -0.143. The predicted molar refractivity (Wildman–Crippen MR) is 147 cm³/mol. The molecule has 226 valence electrons. The maximum atomic E-state index is 13.3. The number of carboxylic acid groups (broad SMARTS) is 1. The Hall–Kier alpha value is -5.18. The summed E-state index contributed by atoms with van der Waals surface area (Å²) in [5, 5.41) is 35.4. The molecule has 0 heterocycles. The molecule has 12 N–H and O–H groups in total. The fourth-order valence-electron chi connectivity index (χ4n) is 3.84. The predicted octanol–water partition coefficient (Wildman–Crippen LogP) is -2.11. The number of carboxylic acids is 1. The molecular formula is C27H34N6O9. The highest BCUT2D eigenvalue weighted by Gasteiger charge is 2.31. The van der Waals surface area contributed by atoms with Gasteiger partial charge in [-0.25, -0.2) is 4.79 Å². The maximum absolute atomic E-state index is 13.3. The monoisotopic (exact) mass is 586 g/mol. The van der Waals surface area contributed by atoms with Crippen LogP contribution in [0.4, 0.5) is 0 Å². The van der Waals surface area contributed by atoms with Crippen LogP contribution in [0, 0.1) is 0 Å². The van der Waals surface area contributed by atoms with Gasteiger partial charge >= 0.3 is 5.97 Å². The molecule has 5 amide bonds. The normalized spacial score (nSPS) is 13.5. The van der Waals surface area contributed by atoms with Crippen molar-refractivity contribution in [2.24, 2.45) is 17.2 Å². The van der Waals surface area contributed by atoms with Crippen LogP contribution in [0.2, 0.25) is 0 Å². The molecule has 0 spiro atoms. The van der Waals surface area contributed by atoms with E-state index in [1.165, 1.54) is 36.4 Å². The van der Waals surface area contributed by atoms with E-state index in [2.05, 4.69) is 16.0 Å². The van der Waals surface area contributed by atoms with E-state index >= 15 is 0 Å². The second-order valence-electron chi connectivity index (χ2n) is 9.54. The van der Waals surface area contributed by atoms with E-state index in [-0.39, 0.29) is 37.2 Å². The summed E-state index contributed by atoms with van der Waals surface area (Å²) in [6.07, 6.45) is -1.39. The SMILES string of the molecule is NC(=O)CCC(NC(=O)C(N)Cc1ccc(O)cc1)C(=O)NC(Cc1ccc(O)cc1)C(=O)NC(CC(N)=O)C(=O)O. The van der Waals surface area contributed by atoms with Gasteiger partial charge in [0.2, 0.25) is 29.5 Å². The van der Waals surface area contributed by atoms with Crippen molar-refractivity contribution in [3.8, 4) is 11.5 Å². The number of aromatic hydroxyl groups is 2. The lowest BCUT2D eigenvalue weighted by Gasteiger charge is -2.25. The average Bonchev–Trinajstić information content (AvgIpc) is 2.91. The highest BCUT2D eigenvalue weighted by Crippen LogP contribution is 2.13. The standard InChI is InChI=1S/C27H34N6O9/c28-18(11-14-1-5-16(34)6-2-14)24(38)31-19(9-10-22(29)36)25(39)32-20(12-15-3-7-17(35)8-4-15)26(40)33-21(27(41)42)13-23(30)37/h1-8,18-21,34-35H,9-13,28H2,(H2,29,36)(H2,30,37)(H,31,38)(H,32,39)(H,33,40)(H,41,42). The van der Waals surface area contributed by atoms with Gasteiger partial charge in [-0.15, -0.1) is 0 Å². The van der Waals surface area contributed by atoms with Gasteiger partial charge in [0.05, 0.1) is 12.5 Å². The number of carbonyl (C=O) groups excluding carboxylic acids is 5. The Morgan fingerprint density at radius 3 is 1.57 bits per heavy atom. The van der Waals surface area contributed by atoms with Crippen molar-refractivity contribution in [1.82, 2.24) is 16.0 Å². The number of aliphatic carboxylic acids is 1. The van der Waals surface area contributed by atoms with E-state index in [1.807, 2.05) is 0 Å². The first-order valence-corrected chi connectivity index (χ1v) is 12.8. The van der Waals surface area contributed by atoms with Crippen molar-refractivity contribution < 1.29 is 44.1 Å². The molecule has 15 nitrogen and oxygen atoms in total. The number of phenols is 2. The summed E-state index contributed by atoms with van der Waals surface area (Å²) >= 11 is 0. The third kappa shape index (κ3) is 11.1. The Kier molecular flexibility index (Phi) is 12.2. The number of phenolic OH excluding ortho intramolecular Hbond substituents is 2. The summed E-state index contributed by atoms with van der Waals surface area (Å²) in [4.78, 5) is 73.5. The molecule has 4 unspecified atom stereocenters. The molecule has 0 fully saturated rings. The van der Waals surface area contributed by atoms with Gasteiger partial charge < -0.3 is 48.5 Å². The first kappa shape index (κ1) is 33.0. The number of amides is 5. The van der Waals surface area contributed by atoms with Crippen molar-refractivity contribution in [2.75, 3.05) is 0 Å². The van der Waals surface area contributed by atoms with Crippen molar-refractivity contribution in [2.45, 2.75) is 56.3 Å². The number of hydrogen-bond acceptors (Lipinski definition) is 9. The van der Waals surface area contributed by atoms with Crippen LogP contribution in [0.5, 0.6) is 11.5 Å². The van der Waals surface area contributed by atoms with E-state index in [0.717, 1.165) is 0 Å². The molecule has 4 atom stereocenters. The van der Waals surface area contributed by atoms with E-state index in [1.54, 1.807) is 12.1 Å². The summed E-state index contributed by atoms with van der Waals surface area (Å²) in [5.41, 5.74) is 17.4. The van der Waals surface area contributed by atoms with Crippen molar-refractivity contribution in [3.63, 3.8) is 0 Å². The molecule has 0 aliphatic rings. The van der Waals surface area contributed by atoms with Crippen LogP contribution in [-0.4, -0.2) is 75.0 Å². The third-order valence-corrected chi connectivity index (χ3v) is 6.07. The number of hydrogen-bond donors (Lipinski definition) is 9. The fourth-order valence-corrected chi connectivity index (χ4v) is 3.84. The van der Waals surface area contributed by atoms with E-state index in [4.69, 9.17) is 17.2 Å². The smallest absolute Gasteiger partial charge is 0.326 e. The summed E-state index contributed by atoms with van der Waals surface area (Å²) in [6.45, 7) is 0. The summed E-state index contributed by atoms with van der Waals surface area (Å²) in [6, 6.07) is 5.98. The molecule has 0 radical (unpaired) electrons. The Bertz CT molecular complexity index is 1280. The number of nitrogens with two attached hydrogens (primary N) is 3. The molecule has 0 saturated carbocycles. The topological polar surface area (TPSA) is 277 Å². The molecule has 0 aliphatic carbocycles. The molecule has 0 aliphatic heterocycles. The lowest BCUT2D eigenvalue weighted by atomic mass is 10.0. The van der Waals surface area contributed by atoms with Crippen molar-refractivity contribution in [3.05, 3.63) is 59.7 Å². The Labute approximate surface area is 240 Å². The second kappa shape index (κ2) is 15.6. The number of rotatable bonds is 16. The summed E-state index contributed by atoms with van der Waals surface area (Å²) < 4.78 is 0. The largest absolute Gasteiger partial charge is 0.508 e. The van der Waals surface area contributed by atoms with Crippen molar-refractivity contribution in [1.29, 1.82) is 0 Å². The van der Waals surface area contributed by atoms with Gasteiger partial charge in [0, 0.05) is 12.8 Å². The highest BCUT2D eigenvalue weighted by atomic mass is 16.4. The van der Waals surface area contributed by atoms with E-state index in [0.29, 0.717) is 11.1 Å². The molecule has 0 aromatic heterocycles. The number of primary amides is 2. The van der Waals surface area contributed by atoms with Crippen LogP contribution in [0.25, 0.3) is 0 Å². The van der Waals surface area contributed by atoms with Crippen LogP contribution in [-0.2, 0) is 41.6 Å². The molecular weight excluding hydrogens is 552 g/mol. The molecule has 2 aromatic rings. The maximum Gasteiger partial charge on any atom is 0.326 e. The van der Waals surface area contributed by atoms with Gasteiger partial charge in [-0.05, 0) is 48.2 Å².